The number of rotatable bonds is 6. The van der Waals surface area contributed by atoms with Crippen LogP contribution in [-0.2, 0) is 13.5 Å². The van der Waals surface area contributed by atoms with E-state index in [0.29, 0.717) is 12.2 Å². The molecule has 6 heteroatoms. The normalized spacial score (nSPS) is 10.7. The van der Waals surface area contributed by atoms with Crippen molar-refractivity contribution in [2.75, 3.05) is 6.54 Å². The summed E-state index contributed by atoms with van der Waals surface area (Å²) < 4.78 is 6.38. The van der Waals surface area contributed by atoms with Crippen LogP contribution in [0.2, 0.25) is 0 Å². The number of carbonyl (C=O) groups is 1. The van der Waals surface area contributed by atoms with Gasteiger partial charge < -0.3 is 9.84 Å². The van der Waals surface area contributed by atoms with Gasteiger partial charge in [-0.05, 0) is 18.9 Å². The second-order valence-electron chi connectivity index (χ2n) is 5.30. The number of aryl methyl sites for hydroxylation is 2. The standard InChI is InChI=1S/C17H18N4O2/c1-21-16(10-15(20-21)14-7-3-2-4-8-14)17(22)18-9-5-6-13-11-19-23-12-13/h2-4,7-8,10-12H,5-6,9H2,1H3,(H,18,22). The molecule has 3 rings (SSSR count). The smallest absolute Gasteiger partial charge is 0.269 e. The lowest BCUT2D eigenvalue weighted by Gasteiger charge is -2.04. The lowest BCUT2D eigenvalue weighted by atomic mass is 10.1. The Morgan fingerprint density at radius 2 is 2.13 bits per heavy atom. The SMILES string of the molecule is Cn1nc(-c2ccccc2)cc1C(=O)NCCCc1cnoc1. The summed E-state index contributed by atoms with van der Waals surface area (Å²) >= 11 is 0. The van der Waals surface area contributed by atoms with Gasteiger partial charge >= 0.3 is 0 Å². The third-order valence-electron chi connectivity index (χ3n) is 3.59. The fourth-order valence-electron chi connectivity index (χ4n) is 2.36. The third-order valence-corrected chi connectivity index (χ3v) is 3.59. The summed E-state index contributed by atoms with van der Waals surface area (Å²) in [7, 11) is 1.78. The number of amides is 1. The second-order valence-corrected chi connectivity index (χ2v) is 5.30. The van der Waals surface area contributed by atoms with Crippen molar-refractivity contribution < 1.29 is 9.32 Å². The second kappa shape index (κ2) is 6.91. The maximum atomic E-state index is 12.3. The van der Waals surface area contributed by atoms with Crippen molar-refractivity contribution in [1.82, 2.24) is 20.3 Å². The minimum Gasteiger partial charge on any atom is -0.364 e. The van der Waals surface area contributed by atoms with Gasteiger partial charge in [-0.2, -0.15) is 5.10 Å². The molecule has 0 aliphatic rings. The minimum absolute atomic E-state index is 0.118. The van der Waals surface area contributed by atoms with Crippen LogP contribution in [0.3, 0.4) is 0 Å². The third kappa shape index (κ3) is 3.66. The molecule has 2 heterocycles. The van der Waals surface area contributed by atoms with Crippen LogP contribution in [0.4, 0.5) is 0 Å². The Kier molecular flexibility index (Phi) is 4.52. The summed E-state index contributed by atoms with van der Waals surface area (Å²) in [5.41, 5.74) is 3.37. The first-order valence-electron chi connectivity index (χ1n) is 7.50. The molecule has 0 spiro atoms. The average molecular weight is 310 g/mol. The van der Waals surface area contributed by atoms with Crippen molar-refractivity contribution in [1.29, 1.82) is 0 Å². The van der Waals surface area contributed by atoms with E-state index in [1.54, 1.807) is 24.2 Å². The van der Waals surface area contributed by atoms with E-state index in [2.05, 4.69) is 15.6 Å². The van der Waals surface area contributed by atoms with Crippen LogP contribution in [0.1, 0.15) is 22.5 Å². The molecule has 0 saturated heterocycles. The van der Waals surface area contributed by atoms with Gasteiger partial charge in [0.2, 0.25) is 0 Å². The fourth-order valence-corrected chi connectivity index (χ4v) is 2.36. The molecular weight excluding hydrogens is 292 g/mol. The maximum absolute atomic E-state index is 12.3. The first kappa shape index (κ1) is 15.0. The molecule has 0 radical (unpaired) electrons. The Bertz CT molecular complexity index is 763. The van der Waals surface area contributed by atoms with E-state index >= 15 is 0 Å². The van der Waals surface area contributed by atoms with Gasteiger partial charge in [0.15, 0.2) is 0 Å². The van der Waals surface area contributed by atoms with Gasteiger partial charge in [0, 0.05) is 24.7 Å². The Balaban J connectivity index is 1.58. The molecule has 118 valence electrons. The topological polar surface area (TPSA) is 73.0 Å². The summed E-state index contributed by atoms with van der Waals surface area (Å²) in [4.78, 5) is 12.3. The zero-order valence-electron chi connectivity index (χ0n) is 12.9. The highest BCUT2D eigenvalue weighted by Gasteiger charge is 2.13. The number of nitrogens with zero attached hydrogens (tertiary/aromatic N) is 3. The average Bonchev–Trinajstić information content (AvgIpc) is 3.22. The van der Waals surface area contributed by atoms with Gasteiger partial charge in [-0.15, -0.1) is 0 Å². The van der Waals surface area contributed by atoms with Crippen LogP contribution in [0.25, 0.3) is 11.3 Å². The first-order valence-corrected chi connectivity index (χ1v) is 7.50. The number of aromatic nitrogens is 3. The van der Waals surface area contributed by atoms with Gasteiger partial charge in [-0.25, -0.2) is 0 Å². The quantitative estimate of drug-likeness (QED) is 0.710. The molecule has 6 nitrogen and oxygen atoms in total. The predicted molar refractivity (Wildman–Crippen MR) is 85.8 cm³/mol. The van der Waals surface area contributed by atoms with Crippen LogP contribution >= 0.6 is 0 Å². The van der Waals surface area contributed by atoms with Gasteiger partial charge in [0.05, 0.1) is 11.9 Å². The Morgan fingerprint density at radius 3 is 2.87 bits per heavy atom. The van der Waals surface area contributed by atoms with Gasteiger partial charge in [0.1, 0.15) is 12.0 Å². The lowest BCUT2D eigenvalue weighted by molar-refractivity contribution is 0.0944. The maximum Gasteiger partial charge on any atom is 0.269 e. The van der Waals surface area contributed by atoms with E-state index < -0.39 is 0 Å². The molecule has 0 aliphatic carbocycles. The lowest BCUT2D eigenvalue weighted by Crippen LogP contribution is -2.26. The van der Waals surface area contributed by atoms with E-state index in [-0.39, 0.29) is 5.91 Å². The summed E-state index contributed by atoms with van der Waals surface area (Å²) in [6.07, 6.45) is 4.96. The molecule has 0 atom stereocenters. The minimum atomic E-state index is -0.118. The Labute approximate surface area is 134 Å². The van der Waals surface area contributed by atoms with E-state index in [0.717, 1.165) is 29.7 Å². The molecule has 0 fully saturated rings. The number of nitrogens with one attached hydrogen (secondary N) is 1. The van der Waals surface area contributed by atoms with Crippen molar-refractivity contribution in [2.24, 2.45) is 7.05 Å². The van der Waals surface area contributed by atoms with Gasteiger partial charge in [0.25, 0.3) is 5.91 Å². The monoisotopic (exact) mass is 310 g/mol. The molecule has 2 aromatic heterocycles. The van der Waals surface area contributed by atoms with Crippen molar-refractivity contribution in [3.05, 3.63) is 60.1 Å². The molecule has 1 aromatic carbocycles. The molecule has 1 N–H and O–H groups in total. The van der Waals surface area contributed by atoms with E-state index in [1.807, 2.05) is 36.4 Å². The van der Waals surface area contributed by atoms with Crippen LogP contribution in [-0.4, -0.2) is 27.4 Å². The zero-order valence-corrected chi connectivity index (χ0v) is 12.9. The van der Waals surface area contributed by atoms with Crippen LogP contribution < -0.4 is 5.32 Å². The van der Waals surface area contributed by atoms with Crippen molar-refractivity contribution in [3.63, 3.8) is 0 Å². The summed E-state index contributed by atoms with van der Waals surface area (Å²) in [6, 6.07) is 11.6. The number of hydrogen-bond donors (Lipinski definition) is 1. The summed E-state index contributed by atoms with van der Waals surface area (Å²) in [5.74, 6) is -0.118. The van der Waals surface area contributed by atoms with Crippen LogP contribution in [0, 0.1) is 0 Å². The zero-order chi connectivity index (χ0) is 16.1. The van der Waals surface area contributed by atoms with Gasteiger partial charge in [-0.1, -0.05) is 35.5 Å². The highest BCUT2D eigenvalue weighted by Crippen LogP contribution is 2.18. The number of carbonyl (C=O) groups excluding carboxylic acids is 1. The molecule has 0 unspecified atom stereocenters. The van der Waals surface area contributed by atoms with Crippen molar-refractivity contribution in [2.45, 2.75) is 12.8 Å². The molecule has 1 amide bonds. The van der Waals surface area contributed by atoms with E-state index in [9.17, 15) is 4.79 Å². The molecule has 3 aromatic rings. The molecule has 0 saturated carbocycles. The largest absolute Gasteiger partial charge is 0.364 e. The predicted octanol–water partition coefficient (Wildman–Crippen LogP) is 2.44. The van der Waals surface area contributed by atoms with Crippen LogP contribution in [0.5, 0.6) is 0 Å². The molecule has 0 bridgehead atoms. The van der Waals surface area contributed by atoms with E-state index in [1.165, 1.54) is 0 Å². The highest BCUT2D eigenvalue weighted by molar-refractivity contribution is 5.93. The van der Waals surface area contributed by atoms with Crippen LogP contribution in [0.15, 0.2) is 53.4 Å². The molecule has 0 aliphatic heterocycles. The number of benzene rings is 1. The summed E-state index contributed by atoms with van der Waals surface area (Å²) in [5, 5.41) is 11.0. The molecular formula is C17H18N4O2. The van der Waals surface area contributed by atoms with Crippen molar-refractivity contribution in [3.8, 4) is 11.3 Å². The highest BCUT2D eigenvalue weighted by atomic mass is 16.5. The molecule has 23 heavy (non-hydrogen) atoms. The first-order chi connectivity index (χ1) is 11.2. The Hall–Kier alpha value is -2.89. The summed E-state index contributed by atoms with van der Waals surface area (Å²) in [6.45, 7) is 0.593. The van der Waals surface area contributed by atoms with Gasteiger partial charge in [-0.3, -0.25) is 9.48 Å². The fraction of sp³-hybridized carbons (Fsp3) is 0.235. The van der Waals surface area contributed by atoms with E-state index in [4.69, 9.17) is 4.52 Å². The van der Waals surface area contributed by atoms with Crippen molar-refractivity contribution >= 4 is 5.91 Å². The Morgan fingerprint density at radius 1 is 1.30 bits per heavy atom. The number of hydrogen-bond acceptors (Lipinski definition) is 4.